The van der Waals surface area contributed by atoms with E-state index < -0.39 is 0 Å². The molecule has 2 aromatic rings. The van der Waals surface area contributed by atoms with E-state index in [4.69, 9.17) is 17.0 Å². The maximum Gasteiger partial charge on any atom is 0.223 e. The third-order valence-corrected chi connectivity index (χ3v) is 3.90. The topological polar surface area (TPSA) is 59.0 Å². The Morgan fingerprint density at radius 2 is 2.35 bits per heavy atom. The van der Waals surface area contributed by atoms with Crippen LogP contribution in [-0.4, -0.2) is 29.1 Å². The first-order valence-electron chi connectivity index (χ1n) is 6.74. The van der Waals surface area contributed by atoms with Gasteiger partial charge in [0.05, 0.1) is 12.6 Å². The minimum absolute atomic E-state index is 0.161. The maximum atomic E-state index is 11.6. The van der Waals surface area contributed by atoms with Crippen molar-refractivity contribution < 1.29 is 9.53 Å². The first-order chi connectivity index (χ1) is 9.70. The van der Waals surface area contributed by atoms with Gasteiger partial charge in [-0.1, -0.05) is 6.07 Å². The van der Waals surface area contributed by atoms with Crippen LogP contribution >= 0.6 is 12.2 Å². The highest BCUT2D eigenvalue weighted by molar-refractivity contribution is 7.71. The van der Waals surface area contributed by atoms with Gasteiger partial charge in [-0.3, -0.25) is 4.79 Å². The lowest BCUT2D eigenvalue weighted by Gasteiger charge is -2.07. The van der Waals surface area contributed by atoms with E-state index in [9.17, 15) is 4.79 Å². The molecule has 0 radical (unpaired) electrons. The highest BCUT2D eigenvalue weighted by Gasteiger charge is 2.29. The second kappa shape index (κ2) is 5.28. The molecule has 106 valence electrons. The number of H-pyrrole nitrogens is 1. The van der Waals surface area contributed by atoms with E-state index in [1.54, 1.807) is 7.11 Å². The predicted molar refractivity (Wildman–Crippen MR) is 79.4 cm³/mol. The summed E-state index contributed by atoms with van der Waals surface area (Å²) in [6.07, 6.45) is 2.05. The molecule has 5 nitrogen and oxygen atoms in total. The van der Waals surface area contributed by atoms with Crippen LogP contribution in [0.25, 0.3) is 11.0 Å². The summed E-state index contributed by atoms with van der Waals surface area (Å²) in [6, 6.07) is 5.82. The van der Waals surface area contributed by atoms with Crippen LogP contribution in [0.5, 0.6) is 5.75 Å². The zero-order valence-electron chi connectivity index (χ0n) is 11.3. The van der Waals surface area contributed by atoms with E-state index in [0.29, 0.717) is 17.9 Å². The molecule has 0 bridgehead atoms. The SMILES string of the molecule is COc1cccc2c1[nH]c(=S)n2CCNC(=O)C1CC1. The van der Waals surface area contributed by atoms with Crippen molar-refractivity contribution in [2.24, 2.45) is 5.92 Å². The Morgan fingerprint density at radius 1 is 1.55 bits per heavy atom. The summed E-state index contributed by atoms with van der Waals surface area (Å²) < 4.78 is 7.95. The fourth-order valence-electron chi connectivity index (χ4n) is 2.33. The molecule has 1 aliphatic carbocycles. The molecular formula is C14H17N3O2S. The third kappa shape index (κ3) is 2.43. The van der Waals surface area contributed by atoms with Crippen LogP contribution in [0, 0.1) is 10.7 Å². The van der Waals surface area contributed by atoms with Gasteiger partial charge in [-0.15, -0.1) is 0 Å². The molecule has 1 aliphatic rings. The number of aromatic amines is 1. The highest BCUT2D eigenvalue weighted by Crippen LogP contribution is 2.28. The first-order valence-corrected chi connectivity index (χ1v) is 7.15. The second-order valence-corrected chi connectivity index (χ2v) is 5.39. The predicted octanol–water partition coefficient (Wildman–Crippen LogP) is 2.23. The number of methoxy groups -OCH3 is 1. The third-order valence-electron chi connectivity index (χ3n) is 3.57. The van der Waals surface area contributed by atoms with Crippen molar-refractivity contribution in [2.45, 2.75) is 19.4 Å². The Balaban J connectivity index is 1.78. The van der Waals surface area contributed by atoms with Crippen molar-refractivity contribution in [1.82, 2.24) is 14.9 Å². The Hall–Kier alpha value is -1.82. The number of nitrogens with one attached hydrogen (secondary N) is 2. The van der Waals surface area contributed by atoms with Crippen LogP contribution in [0.2, 0.25) is 0 Å². The average Bonchev–Trinajstić information content (AvgIpc) is 3.24. The number of aromatic nitrogens is 2. The molecule has 0 unspecified atom stereocenters. The van der Waals surface area contributed by atoms with E-state index in [1.165, 1.54) is 0 Å². The number of ether oxygens (including phenoxy) is 1. The molecule has 1 fully saturated rings. The standard InChI is InChI=1S/C14H17N3O2S/c1-19-11-4-2-3-10-12(11)16-14(20)17(10)8-7-15-13(18)9-5-6-9/h2-4,9H,5-8H2,1H3,(H,15,18)(H,16,20). The molecule has 2 N–H and O–H groups in total. The molecule has 1 heterocycles. The molecule has 0 aliphatic heterocycles. The number of hydrogen-bond donors (Lipinski definition) is 2. The minimum Gasteiger partial charge on any atom is -0.494 e. The average molecular weight is 291 g/mol. The number of fused-ring (bicyclic) bond motifs is 1. The van der Waals surface area contributed by atoms with Gasteiger partial charge in [-0.25, -0.2) is 0 Å². The summed E-state index contributed by atoms with van der Waals surface area (Å²) in [5, 5.41) is 2.95. The number of imidazole rings is 1. The molecule has 6 heteroatoms. The van der Waals surface area contributed by atoms with E-state index in [1.807, 2.05) is 22.8 Å². The Bertz CT molecular complexity index is 700. The fourth-order valence-corrected chi connectivity index (χ4v) is 2.62. The molecule has 20 heavy (non-hydrogen) atoms. The fraction of sp³-hybridized carbons (Fsp3) is 0.429. The van der Waals surface area contributed by atoms with Crippen LogP contribution in [-0.2, 0) is 11.3 Å². The smallest absolute Gasteiger partial charge is 0.223 e. The van der Waals surface area contributed by atoms with Crippen LogP contribution in [0.3, 0.4) is 0 Å². The lowest BCUT2D eigenvalue weighted by Crippen LogP contribution is -2.28. The van der Waals surface area contributed by atoms with Crippen molar-refractivity contribution >= 4 is 29.2 Å². The van der Waals surface area contributed by atoms with Gasteiger partial charge in [0.15, 0.2) is 4.77 Å². The zero-order chi connectivity index (χ0) is 14.1. The first kappa shape index (κ1) is 13.2. The van der Waals surface area contributed by atoms with Gasteiger partial charge in [0, 0.05) is 19.0 Å². The summed E-state index contributed by atoms with van der Waals surface area (Å²) in [6.45, 7) is 1.25. The number of benzene rings is 1. The van der Waals surface area contributed by atoms with Gasteiger partial charge in [-0.2, -0.15) is 0 Å². The number of hydrogen-bond acceptors (Lipinski definition) is 3. The second-order valence-electron chi connectivity index (χ2n) is 5.00. The van der Waals surface area contributed by atoms with Crippen LogP contribution in [0.1, 0.15) is 12.8 Å². The van der Waals surface area contributed by atoms with E-state index in [0.717, 1.165) is 29.6 Å². The van der Waals surface area contributed by atoms with Gasteiger partial charge in [0.1, 0.15) is 11.3 Å². The van der Waals surface area contributed by atoms with Crippen molar-refractivity contribution in [3.63, 3.8) is 0 Å². The summed E-state index contributed by atoms with van der Waals surface area (Å²) in [7, 11) is 1.64. The number of para-hydroxylation sites is 1. The molecule has 1 aromatic carbocycles. The lowest BCUT2D eigenvalue weighted by atomic mass is 10.3. The largest absolute Gasteiger partial charge is 0.494 e. The molecule has 1 saturated carbocycles. The number of rotatable bonds is 5. The molecule has 0 atom stereocenters. The van der Waals surface area contributed by atoms with Crippen molar-refractivity contribution in [3.8, 4) is 5.75 Å². The molecule has 1 aromatic heterocycles. The van der Waals surface area contributed by atoms with Gasteiger partial charge in [-0.05, 0) is 37.2 Å². The molecule has 1 amide bonds. The molecule has 3 rings (SSSR count). The molecule has 0 saturated heterocycles. The van der Waals surface area contributed by atoms with Crippen molar-refractivity contribution in [2.75, 3.05) is 13.7 Å². The number of carbonyl (C=O) groups is 1. The van der Waals surface area contributed by atoms with Crippen LogP contribution in [0.15, 0.2) is 18.2 Å². The quantitative estimate of drug-likeness (QED) is 0.831. The Morgan fingerprint density at radius 3 is 3.05 bits per heavy atom. The summed E-state index contributed by atoms with van der Waals surface area (Å²) >= 11 is 5.34. The van der Waals surface area contributed by atoms with Gasteiger partial charge in [0.2, 0.25) is 5.91 Å². The van der Waals surface area contributed by atoms with Gasteiger partial charge >= 0.3 is 0 Å². The monoisotopic (exact) mass is 291 g/mol. The molecular weight excluding hydrogens is 274 g/mol. The van der Waals surface area contributed by atoms with Crippen molar-refractivity contribution in [3.05, 3.63) is 23.0 Å². The van der Waals surface area contributed by atoms with E-state index in [2.05, 4.69) is 10.3 Å². The van der Waals surface area contributed by atoms with Gasteiger partial charge in [0.25, 0.3) is 0 Å². The summed E-state index contributed by atoms with van der Waals surface area (Å²) in [4.78, 5) is 14.8. The normalized spacial score (nSPS) is 14.4. The van der Waals surface area contributed by atoms with E-state index >= 15 is 0 Å². The highest BCUT2D eigenvalue weighted by atomic mass is 32.1. The number of carbonyl (C=O) groups excluding carboxylic acids is 1. The van der Waals surface area contributed by atoms with Gasteiger partial charge < -0.3 is 19.6 Å². The summed E-state index contributed by atoms with van der Waals surface area (Å²) in [5.41, 5.74) is 1.89. The minimum atomic E-state index is 0.161. The Labute approximate surface area is 121 Å². The maximum absolute atomic E-state index is 11.6. The van der Waals surface area contributed by atoms with Crippen molar-refractivity contribution in [1.29, 1.82) is 0 Å². The van der Waals surface area contributed by atoms with Crippen LogP contribution in [0.4, 0.5) is 0 Å². The molecule has 0 spiro atoms. The van der Waals surface area contributed by atoms with E-state index in [-0.39, 0.29) is 11.8 Å². The van der Waals surface area contributed by atoms with Crippen LogP contribution < -0.4 is 10.1 Å². The lowest BCUT2D eigenvalue weighted by molar-refractivity contribution is -0.122. The summed E-state index contributed by atoms with van der Waals surface area (Å²) in [5.74, 6) is 1.18. The number of amides is 1. The Kier molecular flexibility index (Phi) is 3.48. The number of nitrogens with zero attached hydrogens (tertiary/aromatic N) is 1. The zero-order valence-corrected chi connectivity index (χ0v) is 12.1.